The second-order valence-electron chi connectivity index (χ2n) is 10.9. The lowest BCUT2D eigenvalue weighted by molar-refractivity contribution is 0.0373. The molecule has 0 fully saturated rings. The summed E-state index contributed by atoms with van der Waals surface area (Å²) in [6.07, 6.45) is 2.98. The molecule has 6 aromatic rings. The molecule has 2 aliphatic carbocycles. The second-order valence-corrected chi connectivity index (χ2v) is 10.9. The number of benzene rings is 6. The summed E-state index contributed by atoms with van der Waals surface area (Å²) in [5.41, 5.74) is 6.07. The molecule has 0 bridgehead atoms. The van der Waals surface area contributed by atoms with E-state index in [9.17, 15) is 19.2 Å². The second kappa shape index (κ2) is 6.43. The molecule has 2 heterocycles. The summed E-state index contributed by atoms with van der Waals surface area (Å²) in [6.45, 7) is 0. The van der Waals surface area contributed by atoms with Crippen LogP contribution in [0.2, 0.25) is 0 Å². The van der Waals surface area contributed by atoms with E-state index in [4.69, 9.17) is 9.47 Å². The molecule has 6 nitrogen and oxygen atoms in total. The van der Waals surface area contributed by atoms with Crippen molar-refractivity contribution in [1.82, 2.24) is 0 Å². The van der Waals surface area contributed by atoms with Crippen LogP contribution in [-0.2, 0) is 9.47 Å². The molecule has 1 unspecified atom stereocenters. The van der Waals surface area contributed by atoms with Gasteiger partial charge in [-0.05, 0) is 90.5 Å². The molecule has 1 atom stereocenters. The standard InChI is InChI=1S/C34H14O6/c35-31-21-9-5-17-13-1-2-14-18-6-10-23-30-24(34(38)40-33(23)37)12-8-20(28(18)30)16-4-3-15(25(13)26(14)16)19-7-11-22(32(36)39-31)29(21)27(17)19/h1-3,5-12,16H,4H2. The van der Waals surface area contributed by atoms with E-state index in [0.29, 0.717) is 33.0 Å². The molecule has 2 aliphatic heterocycles. The maximum Gasteiger partial charge on any atom is 0.346 e. The Bertz CT molecular complexity index is 2390. The van der Waals surface area contributed by atoms with Gasteiger partial charge in [-0.15, -0.1) is 0 Å². The van der Waals surface area contributed by atoms with Gasteiger partial charge >= 0.3 is 23.9 Å². The van der Waals surface area contributed by atoms with Crippen LogP contribution in [0.1, 0.15) is 64.9 Å². The Labute approximate surface area is 224 Å². The van der Waals surface area contributed by atoms with Gasteiger partial charge in [0, 0.05) is 16.7 Å². The van der Waals surface area contributed by atoms with E-state index >= 15 is 0 Å². The Kier molecular flexibility index (Phi) is 3.31. The van der Waals surface area contributed by atoms with Crippen molar-refractivity contribution in [1.29, 1.82) is 0 Å². The van der Waals surface area contributed by atoms with Crippen molar-refractivity contribution < 1.29 is 28.7 Å². The minimum atomic E-state index is -0.617. The molecule has 0 amide bonds. The van der Waals surface area contributed by atoms with E-state index < -0.39 is 23.9 Å². The van der Waals surface area contributed by atoms with Crippen molar-refractivity contribution in [2.24, 2.45) is 0 Å². The van der Waals surface area contributed by atoms with E-state index in [2.05, 4.69) is 18.2 Å². The van der Waals surface area contributed by atoms with Crippen LogP contribution in [0.4, 0.5) is 0 Å². The van der Waals surface area contributed by atoms with Crippen LogP contribution < -0.4 is 5.22 Å². The number of hydrogen-bond donors (Lipinski definition) is 0. The van der Waals surface area contributed by atoms with Gasteiger partial charge in [0.1, 0.15) is 0 Å². The van der Waals surface area contributed by atoms with Crippen LogP contribution in [0.25, 0.3) is 60.3 Å². The Morgan fingerprint density at radius 3 is 1.65 bits per heavy atom. The number of cyclic esters (lactones) is 4. The van der Waals surface area contributed by atoms with Gasteiger partial charge in [0.25, 0.3) is 0 Å². The largest absolute Gasteiger partial charge is 0.386 e. The minimum absolute atomic E-state index is 0.0459. The number of ether oxygens (including phenoxy) is 2. The van der Waals surface area contributed by atoms with E-state index in [-0.39, 0.29) is 5.92 Å². The monoisotopic (exact) mass is 518 g/mol. The highest BCUT2D eigenvalue weighted by molar-refractivity contribution is 6.32. The van der Waals surface area contributed by atoms with Crippen molar-refractivity contribution >= 4 is 73.0 Å². The van der Waals surface area contributed by atoms with E-state index in [1.165, 1.54) is 5.56 Å². The highest BCUT2D eigenvalue weighted by Gasteiger charge is 2.37. The third kappa shape index (κ3) is 2.10. The summed E-state index contributed by atoms with van der Waals surface area (Å²) in [4.78, 5) is 50.5. The van der Waals surface area contributed by atoms with Gasteiger partial charge in [-0.25, -0.2) is 19.2 Å². The topological polar surface area (TPSA) is 86.7 Å². The lowest BCUT2D eigenvalue weighted by Gasteiger charge is -2.33. The normalized spacial score (nSPS) is 17.9. The van der Waals surface area contributed by atoms with E-state index in [0.717, 1.165) is 60.6 Å². The number of carbonyl (C=O) groups excluding carboxylic acids is 4. The van der Waals surface area contributed by atoms with Crippen molar-refractivity contribution in [2.45, 2.75) is 12.3 Å². The third-order valence-electron chi connectivity index (χ3n) is 9.27. The lowest BCUT2D eigenvalue weighted by Crippen LogP contribution is -2.24. The molecular formula is C34H14O6. The fourth-order valence-corrected chi connectivity index (χ4v) is 7.76. The molecule has 10 rings (SSSR count). The molecule has 6 heteroatoms. The van der Waals surface area contributed by atoms with Crippen LogP contribution >= 0.6 is 0 Å². The molecule has 0 N–H and O–H groups in total. The minimum Gasteiger partial charge on any atom is -0.386 e. The predicted octanol–water partition coefficient (Wildman–Crippen LogP) is 5.94. The first-order chi connectivity index (χ1) is 19.5. The average molecular weight is 518 g/mol. The summed E-state index contributed by atoms with van der Waals surface area (Å²) in [6, 6.07) is 19.2. The fourth-order valence-electron chi connectivity index (χ4n) is 7.76. The first kappa shape index (κ1) is 20.6. The number of carbonyl (C=O) groups is 4. The number of esters is 4. The molecule has 0 aromatic heterocycles. The van der Waals surface area contributed by atoms with Crippen molar-refractivity contribution in [2.75, 3.05) is 0 Å². The zero-order valence-electron chi connectivity index (χ0n) is 20.6. The maximum atomic E-state index is 12.6. The fraction of sp³-hybridized carbons (Fsp3) is 0.0588. The Balaban J connectivity index is 1.39. The lowest BCUT2D eigenvalue weighted by atomic mass is 9.70. The van der Waals surface area contributed by atoms with Crippen molar-refractivity contribution in [3.63, 3.8) is 0 Å². The van der Waals surface area contributed by atoms with Gasteiger partial charge in [-0.1, -0.05) is 42.5 Å². The number of fused-ring (bicyclic) bond motifs is 4. The molecule has 6 aromatic carbocycles. The van der Waals surface area contributed by atoms with E-state index in [1.807, 2.05) is 24.3 Å². The van der Waals surface area contributed by atoms with Crippen LogP contribution in [-0.4, -0.2) is 23.9 Å². The Hall–Kier alpha value is -5.36. The highest BCUT2D eigenvalue weighted by atomic mass is 16.6. The summed E-state index contributed by atoms with van der Waals surface area (Å²) in [5, 5.41) is 8.48. The SMILES string of the molecule is O=C1OC(=O)c2ccc3c4c(ccc1c24)-c1ccc2c4c1C3CC=c4c1ccc3c4c(ccc2c41)C(=O)OC3=O. The van der Waals surface area contributed by atoms with E-state index in [1.54, 1.807) is 24.3 Å². The first-order valence-electron chi connectivity index (χ1n) is 13.1. The molecule has 0 saturated carbocycles. The molecule has 40 heavy (non-hydrogen) atoms. The first-order valence-corrected chi connectivity index (χ1v) is 13.1. The van der Waals surface area contributed by atoms with Crippen LogP contribution in [0.3, 0.4) is 0 Å². The average Bonchev–Trinajstić information content (AvgIpc) is 2.97. The molecule has 4 aliphatic rings. The van der Waals surface area contributed by atoms with Gasteiger partial charge in [0.15, 0.2) is 0 Å². The third-order valence-corrected chi connectivity index (χ3v) is 9.27. The number of rotatable bonds is 0. The quantitative estimate of drug-likeness (QED) is 0.107. The maximum absolute atomic E-state index is 12.6. The Morgan fingerprint density at radius 2 is 0.975 bits per heavy atom. The molecule has 186 valence electrons. The van der Waals surface area contributed by atoms with Gasteiger partial charge in [0.2, 0.25) is 0 Å². The smallest absolute Gasteiger partial charge is 0.346 e. The van der Waals surface area contributed by atoms with Crippen LogP contribution in [0, 0.1) is 0 Å². The van der Waals surface area contributed by atoms with Crippen molar-refractivity contribution in [3.8, 4) is 11.1 Å². The summed E-state index contributed by atoms with van der Waals surface area (Å²) in [7, 11) is 0. The van der Waals surface area contributed by atoms with Crippen LogP contribution in [0.15, 0.2) is 60.7 Å². The van der Waals surface area contributed by atoms with Crippen LogP contribution in [0.5, 0.6) is 0 Å². The molecule has 0 spiro atoms. The van der Waals surface area contributed by atoms with Gasteiger partial charge < -0.3 is 9.47 Å². The number of hydrogen-bond acceptors (Lipinski definition) is 6. The highest BCUT2D eigenvalue weighted by Crippen LogP contribution is 2.52. The van der Waals surface area contributed by atoms with Gasteiger partial charge in [-0.2, -0.15) is 0 Å². The zero-order chi connectivity index (χ0) is 26.6. The van der Waals surface area contributed by atoms with Crippen molar-refractivity contribution in [3.05, 3.63) is 99.3 Å². The molecular weight excluding hydrogens is 504 g/mol. The molecule has 0 radical (unpaired) electrons. The predicted molar refractivity (Wildman–Crippen MR) is 148 cm³/mol. The summed E-state index contributed by atoms with van der Waals surface area (Å²) in [5.74, 6) is -2.41. The molecule has 0 saturated heterocycles. The zero-order valence-corrected chi connectivity index (χ0v) is 20.6. The summed E-state index contributed by atoms with van der Waals surface area (Å²) >= 11 is 0. The Morgan fingerprint density at radius 1 is 0.475 bits per heavy atom. The van der Waals surface area contributed by atoms with Gasteiger partial charge in [0.05, 0.1) is 22.3 Å². The summed E-state index contributed by atoms with van der Waals surface area (Å²) < 4.78 is 10.0. The van der Waals surface area contributed by atoms with Gasteiger partial charge in [-0.3, -0.25) is 0 Å².